The highest BCUT2D eigenvalue weighted by molar-refractivity contribution is 5.98. The molecule has 0 unspecified atom stereocenters. The Morgan fingerprint density at radius 1 is 1.11 bits per heavy atom. The van der Waals surface area contributed by atoms with E-state index in [0.717, 1.165) is 30.4 Å². The minimum atomic E-state index is 0.219. The van der Waals surface area contributed by atoms with Gasteiger partial charge < -0.3 is 4.42 Å². The van der Waals surface area contributed by atoms with Crippen LogP contribution in [0.25, 0.3) is 11.3 Å². The Hall–Kier alpha value is -2.16. The number of carbonyl (C=O) groups excluding carboxylic acids is 2. The van der Waals surface area contributed by atoms with Crippen LogP contribution in [0, 0.1) is 5.92 Å². The number of aldehydes is 1. The summed E-state index contributed by atoms with van der Waals surface area (Å²) in [6.45, 7) is 0. The zero-order chi connectivity index (χ0) is 13.2. The average Bonchev–Trinajstić information content (AvgIpc) is 2.85. The van der Waals surface area contributed by atoms with Gasteiger partial charge in [-0.2, -0.15) is 0 Å². The van der Waals surface area contributed by atoms with Crippen molar-refractivity contribution in [3.05, 3.63) is 47.7 Å². The Labute approximate surface area is 111 Å². The molecular weight excluding hydrogens is 240 g/mol. The SMILES string of the molecule is O=Cc1ccc(-c2ccc(C(=O)C3CCC3)cc2)o1. The van der Waals surface area contributed by atoms with E-state index in [4.69, 9.17) is 4.42 Å². The van der Waals surface area contributed by atoms with Gasteiger partial charge in [-0.1, -0.05) is 30.7 Å². The summed E-state index contributed by atoms with van der Waals surface area (Å²) < 4.78 is 5.35. The molecule has 3 nitrogen and oxygen atoms in total. The normalized spacial score (nSPS) is 14.9. The van der Waals surface area contributed by atoms with Crippen LogP contribution >= 0.6 is 0 Å². The molecule has 0 N–H and O–H groups in total. The molecule has 0 radical (unpaired) electrons. The van der Waals surface area contributed by atoms with E-state index in [0.29, 0.717) is 17.8 Å². The molecule has 0 spiro atoms. The highest BCUT2D eigenvalue weighted by atomic mass is 16.3. The molecule has 3 heteroatoms. The highest BCUT2D eigenvalue weighted by Gasteiger charge is 2.25. The maximum absolute atomic E-state index is 12.1. The number of Topliss-reactive ketones (excluding diaryl/α,β-unsaturated/α-hetero) is 1. The minimum Gasteiger partial charge on any atom is -0.453 e. The van der Waals surface area contributed by atoms with Crippen LogP contribution in [0.15, 0.2) is 40.8 Å². The smallest absolute Gasteiger partial charge is 0.185 e. The van der Waals surface area contributed by atoms with E-state index >= 15 is 0 Å². The summed E-state index contributed by atoms with van der Waals surface area (Å²) in [7, 11) is 0. The summed E-state index contributed by atoms with van der Waals surface area (Å²) in [5.74, 6) is 1.41. The topological polar surface area (TPSA) is 47.3 Å². The van der Waals surface area contributed by atoms with Crippen molar-refractivity contribution in [1.29, 1.82) is 0 Å². The molecule has 1 heterocycles. The first-order valence-corrected chi connectivity index (χ1v) is 6.47. The van der Waals surface area contributed by atoms with Gasteiger partial charge in [-0.05, 0) is 25.0 Å². The summed E-state index contributed by atoms with van der Waals surface area (Å²) in [5.41, 5.74) is 1.63. The molecular formula is C16H14O3. The van der Waals surface area contributed by atoms with Gasteiger partial charge in [0.15, 0.2) is 17.8 Å². The zero-order valence-corrected chi connectivity index (χ0v) is 10.5. The van der Waals surface area contributed by atoms with Gasteiger partial charge in [0, 0.05) is 17.0 Å². The van der Waals surface area contributed by atoms with Gasteiger partial charge in [0.2, 0.25) is 0 Å². The van der Waals surface area contributed by atoms with E-state index < -0.39 is 0 Å². The first kappa shape index (κ1) is 11.9. The van der Waals surface area contributed by atoms with Crippen molar-refractivity contribution in [1.82, 2.24) is 0 Å². The molecule has 2 aromatic rings. The van der Waals surface area contributed by atoms with E-state index in [2.05, 4.69) is 0 Å². The second-order valence-electron chi connectivity index (χ2n) is 4.89. The predicted octanol–water partition coefficient (Wildman–Crippen LogP) is 3.74. The molecule has 1 aliphatic rings. The fourth-order valence-corrected chi connectivity index (χ4v) is 2.28. The van der Waals surface area contributed by atoms with Crippen LogP contribution < -0.4 is 0 Å². The number of ketones is 1. The number of furan rings is 1. The summed E-state index contributed by atoms with van der Waals surface area (Å²) in [4.78, 5) is 22.6. The maximum atomic E-state index is 12.1. The van der Waals surface area contributed by atoms with Crippen LogP contribution in [0.5, 0.6) is 0 Å². The van der Waals surface area contributed by atoms with E-state index in [1.807, 2.05) is 24.3 Å². The van der Waals surface area contributed by atoms with Crippen molar-refractivity contribution in [2.75, 3.05) is 0 Å². The summed E-state index contributed by atoms with van der Waals surface area (Å²) in [6, 6.07) is 10.8. The average molecular weight is 254 g/mol. The highest BCUT2D eigenvalue weighted by Crippen LogP contribution is 2.30. The van der Waals surface area contributed by atoms with E-state index in [9.17, 15) is 9.59 Å². The van der Waals surface area contributed by atoms with E-state index in [1.165, 1.54) is 0 Å². The lowest BCUT2D eigenvalue weighted by Gasteiger charge is -2.23. The Kier molecular flexibility index (Phi) is 3.03. The van der Waals surface area contributed by atoms with Crippen LogP contribution in [0.2, 0.25) is 0 Å². The Morgan fingerprint density at radius 2 is 1.84 bits per heavy atom. The Balaban J connectivity index is 1.81. The van der Waals surface area contributed by atoms with Gasteiger partial charge in [-0.15, -0.1) is 0 Å². The molecule has 1 fully saturated rings. The summed E-state index contributed by atoms with van der Waals surface area (Å²) >= 11 is 0. The van der Waals surface area contributed by atoms with Crippen molar-refractivity contribution < 1.29 is 14.0 Å². The molecule has 0 amide bonds. The molecule has 0 saturated heterocycles. The van der Waals surface area contributed by atoms with Gasteiger partial charge in [0.1, 0.15) is 5.76 Å². The number of rotatable bonds is 4. The van der Waals surface area contributed by atoms with E-state index in [-0.39, 0.29) is 11.7 Å². The van der Waals surface area contributed by atoms with Crippen molar-refractivity contribution in [3.63, 3.8) is 0 Å². The molecule has 19 heavy (non-hydrogen) atoms. The van der Waals surface area contributed by atoms with Gasteiger partial charge >= 0.3 is 0 Å². The molecule has 1 aromatic carbocycles. The third kappa shape index (κ3) is 2.24. The van der Waals surface area contributed by atoms with Crippen LogP contribution in [-0.4, -0.2) is 12.1 Å². The zero-order valence-electron chi connectivity index (χ0n) is 10.5. The molecule has 0 bridgehead atoms. The van der Waals surface area contributed by atoms with Crippen molar-refractivity contribution >= 4 is 12.1 Å². The molecule has 3 rings (SSSR count). The molecule has 0 aliphatic heterocycles. The number of carbonyl (C=O) groups is 2. The fraction of sp³-hybridized carbons (Fsp3) is 0.250. The molecule has 1 saturated carbocycles. The van der Waals surface area contributed by atoms with Crippen molar-refractivity contribution in [3.8, 4) is 11.3 Å². The lowest BCUT2D eigenvalue weighted by atomic mass is 9.80. The number of hydrogen-bond donors (Lipinski definition) is 0. The lowest BCUT2D eigenvalue weighted by molar-refractivity contribution is 0.0855. The van der Waals surface area contributed by atoms with Crippen molar-refractivity contribution in [2.45, 2.75) is 19.3 Å². The third-order valence-electron chi connectivity index (χ3n) is 3.67. The second-order valence-corrected chi connectivity index (χ2v) is 4.89. The molecule has 1 aromatic heterocycles. The lowest BCUT2D eigenvalue weighted by Crippen LogP contribution is -2.21. The standard InChI is InChI=1S/C16H14O3/c17-10-14-8-9-15(19-14)11-4-6-13(7-5-11)16(18)12-2-1-3-12/h4-10,12H,1-3H2. The largest absolute Gasteiger partial charge is 0.453 e. The first-order valence-electron chi connectivity index (χ1n) is 6.47. The minimum absolute atomic E-state index is 0.219. The van der Waals surface area contributed by atoms with Gasteiger partial charge in [-0.25, -0.2) is 0 Å². The quantitative estimate of drug-likeness (QED) is 0.616. The fourth-order valence-electron chi connectivity index (χ4n) is 2.28. The monoisotopic (exact) mass is 254 g/mol. The Bertz CT molecular complexity index is 603. The van der Waals surface area contributed by atoms with E-state index in [1.54, 1.807) is 12.1 Å². The van der Waals surface area contributed by atoms with Crippen LogP contribution in [-0.2, 0) is 0 Å². The molecule has 1 aliphatic carbocycles. The van der Waals surface area contributed by atoms with Gasteiger partial charge in [-0.3, -0.25) is 9.59 Å². The van der Waals surface area contributed by atoms with Crippen LogP contribution in [0.4, 0.5) is 0 Å². The molecule has 96 valence electrons. The first-order chi connectivity index (χ1) is 9.28. The summed E-state index contributed by atoms with van der Waals surface area (Å²) in [6.07, 6.45) is 3.87. The Morgan fingerprint density at radius 3 is 2.37 bits per heavy atom. The van der Waals surface area contributed by atoms with Gasteiger partial charge in [0.25, 0.3) is 0 Å². The maximum Gasteiger partial charge on any atom is 0.185 e. The third-order valence-corrected chi connectivity index (χ3v) is 3.67. The summed E-state index contributed by atoms with van der Waals surface area (Å²) in [5, 5.41) is 0. The van der Waals surface area contributed by atoms with Gasteiger partial charge in [0.05, 0.1) is 0 Å². The van der Waals surface area contributed by atoms with Crippen LogP contribution in [0.3, 0.4) is 0 Å². The molecule has 0 atom stereocenters. The predicted molar refractivity (Wildman–Crippen MR) is 71.2 cm³/mol. The van der Waals surface area contributed by atoms with Crippen LogP contribution in [0.1, 0.15) is 40.2 Å². The number of benzene rings is 1. The number of hydrogen-bond acceptors (Lipinski definition) is 3. The second kappa shape index (κ2) is 4.84. The van der Waals surface area contributed by atoms with Crippen molar-refractivity contribution in [2.24, 2.45) is 5.92 Å².